The third-order valence-corrected chi connectivity index (χ3v) is 3.06. The van der Waals surface area contributed by atoms with E-state index in [1.54, 1.807) is 12.1 Å². The van der Waals surface area contributed by atoms with Crippen molar-refractivity contribution in [3.8, 4) is 5.75 Å². The summed E-state index contributed by atoms with van der Waals surface area (Å²) in [6, 6.07) is 7.16. The van der Waals surface area contributed by atoms with Crippen molar-refractivity contribution in [3.05, 3.63) is 29.8 Å². The van der Waals surface area contributed by atoms with Gasteiger partial charge >= 0.3 is 0 Å². The summed E-state index contributed by atoms with van der Waals surface area (Å²) in [6.07, 6.45) is 1.03. The zero-order chi connectivity index (χ0) is 11.5. The van der Waals surface area contributed by atoms with Crippen LogP contribution in [0.3, 0.4) is 0 Å². The average molecular weight is 226 g/mol. The number of benzene rings is 1. The Morgan fingerprint density at radius 3 is 2.13 bits per heavy atom. The van der Waals surface area contributed by atoms with Gasteiger partial charge in [-0.15, -0.1) is 0 Å². The van der Waals surface area contributed by atoms with Crippen molar-refractivity contribution >= 4 is 8.60 Å². The van der Waals surface area contributed by atoms with E-state index in [1.165, 1.54) is 5.56 Å². The van der Waals surface area contributed by atoms with E-state index in [4.69, 9.17) is 0 Å². The van der Waals surface area contributed by atoms with Crippen LogP contribution in [-0.2, 0) is 5.41 Å². The second kappa shape index (κ2) is 4.93. The fourth-order valence-corrected chi connectivity index (χ4v) is 1.55. The predicted octanol–water partition coefficient (Wildman–Crippen LogP) is 1.70. The first kappa shape index (κ1) is 12.4. The zero-order valence-corrected chi connectivity index (χ0v) is 10.1. The molecule has 0 spiro atoms. The van der Waals surface area contributed by atoms with Crippen molar-refractivity contribution in [1.29, 1.82) is 0 Å². The van der Waals surface area contributed by atoms with Gasteiger partial charge in [-0.3, -0.25) is 0 Å². The highest BCUT2D eigenvalue weighted by Gasteiger charge is 2.17. The maximum atomic E-state index is 10.3. The van der Waals surface area contributed by atoms with Crippen LogP contribution in [0.1, 0.15) is 32.8 Å². The fourth-order valence-electron chi connectivity index (χ4n) is 1.26. The minimum Gasteiger partial charge on any atom is -0.810 e. The molecular formula is C11H15O3P-2. The summed E-state index contributed by atoms with van der Waals surface area (Å²) >= 11 is 0. The molecule has 1 aromatic carbocycles. The maximum Gasteiger partial charge on any atom is 0.119 e. The summed E-state index contributed by atoms with van der Waals surface area (Å²) in [5.74, 6) is 0.363. The third kappa shape index (κ3) is 3.45. The van der Waals surface area contributed by atoms with Gasteiger partial charge in [-0.05, 0) is 29.5 Å². The molecule has 0 heterocycles. The van der Waals surface area contributed by atoms with Gasteiger partial charge in [0.15, 0.2) is 0 Å². The summed E-state index contributed by atoms with van der Waals surface area (Å²) in [7, 11) is -2.82. The molecular weight excluding hydrogens is 211 g/mol. The average Bonchev–Trinajstić information content (AvgIpc) is 2.18. The first-order valence-corrected chi connectivity index (χ1v) is 5.98. The normalized spacial score (nSPS) is 11.9. The van der Waals surface area contributed by atoms with Gasteiger partial charge in [0.1, 0.15) is 5.75 Å². The molecule has 0 aliphatic rings. The summed E-state index contributed by atoms with van der Waals surface area (Å²) < 4.78 is 4.57. The highest BCUT2D eigenvalue weighted by atomic mass is 31.2. The Bertz CT molecular complexity index is 306. The lowest BCUT2D eigenvalue weighted by atomic mass is 9.82. The van der Waals surface area contributed by atoms with Crippen molar-refractivity contribution in [1.82, 2.24) is 0 Å². The molecule has 0 bridgehead atoms. The van der Waals surface area contributed by atoms with Gasteiger partial charge in [0.25, 0.3) is 0 Å². The van der Waals surface area contributed by atoms with E-state index >= 15 is 0 Å². The van der Waals surface area contributed by atoms with Gasteiger partial charge < -0.3 is 14.3 Å². The largest absolute Gasteiger partial charge is 0.810 e. The molecule has 0 fully saturated rings. The zero-order valence-electron chi connectivity index (χ0n) is 9.19. The Hall–Kier alpha value is -0.630. The molecule has 0 saturated heterocycles. The van der Waals surface area contributed by atoms with E-state index in [-0.39, 0.29) is 5.41 Å². The number of hydrogen-bond acceptors (Lipinski definition) is 3. The third-order valence-electron chi connectivity index (χ3n) is 2.70. The highest BCUT2D eigenvalue weighted by Crippen LogP contribution is 2.29. The minimum atomic E-state index is -2.82. The summed E-state index contributed by atoms with van der Waals surface area (Å²) in [5.41, 5.74) is 1.29. The lowest BCUT2D eigenvalue weighted by Gasteiger charge is -2.30. The van der Waals surface area contributed by atoms with E-state index in [1.807, 2.05) is 12.1 Å². The molecule has 0 aromatic heterocycles. The van der Waals surface area contributed by atoms with Gasteiger partial charge in [-0.25, -0.2) is 0 Å². The molecule has 0 N–H and O–H groups in total. The van der Waals surface area contributed by atoms with Crippen molar-refractivity contribution in [2.24, 2.45) is 0 Å². The predicted molar refractivity (Wildman–Crippen MR) is 57.3 cm³/mol. The molecule has 0 amide bonds. The van der Waals surface area contributed by atoms with E-state index in [0.717, 1.165) is 6.42 Å². The molecule has 15 heavy (non-hydrogen) atoms. The van der Waals surface area contributed by atoms with Gasteiger partial charge in [-0.1, -0.05) is 41.5 Å². The lowest BCUT2D eigenvalue weighted by molar-refractivity contribution is -0.310. The molecule has 0 unspecified atom stereocenters. The van der Waals surface area contributed by atoms with Crippen molar-refractivity contribution in [2.45, 2.75) is 32.6 Å². The SMILES string of the molecule is CCC(C)(C)c1ccc(OP([O-])[O-])cc1. The van der Waals surface area contributed by atoms with Crippen LogP contribution in [0.4, 0.5) is 0 Å². The highest BCUT2D eigenvalue weighted by molar-refractivity contribution is 7.36. The molecule has 0 aliphatic heterocycles. The molecule has 3 nitrogen and oxygen atoms in total. The topological polar surface area (TPSA) is 55.3 Å². The van der Waals surface area contributed by atoms with Crippen LogP contribution in [-0.4, -0.2) is 0 Å². The minimum absolute atomic E-state index is 0.109. The second-order valence-electron chi connectivity index (χ2n) is 4.08. The maximum absolute atomic E-state index is 10.3. The monoisotopic (exact) mass is 226 g/mol. The van der Waals surface area contributed by atoms with Gasteiger partial charge in [-0.2, -0.15) is 0 Å². The van der Waals surface area contributed by atoms with Crippen molar-refractivity contribution in [2.75, 3.05) is 0 Å². The Morgan fingerprint density at radius 2 is 1.73 bits per heavy atom. The summed E-state index contributed by atoms with van der Waals surface area (Å²) in [4.78, 5) is 20.6. The quantitative estimate of drug-likeness (QED) is 0.734. The van der Waals surface area contributed by atoms with E-state index in [9.17, 15) is 9.79 Å². The van der Waals surface area contributed by atoms with Crippen LogP contribution in [0.15, 0.2) is 24.3 Å². The van der Waals surface area contributed by atoms with Crippen LogP contribution < -0.4 is 14.3 Å². The fraction of sp³-hybridized carbons (Fsp3) is 0.455. The number of hydrogen-bond donors (Lipinski definition) is 0. The lowest BCUT2D eigenvalue weighted by Crippen LogP contribution is -2.15. The standard InChI is InChI=1S/C11H15O3P/c1-4-11(2,3)9-5-7-10(8-6-9)14-15(12)13/h5-8H,4H2,1-3H3/q-2. The first-order valence-electron chi connectivity index (χ1n) is 4.88. The van der Waals surface area contributed by atoms with Crippen LogP contribution in [0.5, 0.6) is 5.75 Å². The van der Waals surface area contributed by atoms with Gasteiger partial charge in [0.2, 0.25) is 0 Å². The Kier molecular flexibility index (Phi) is 4.09. The molecule has 84 valence electrons. The van der Waals surface area contributed by atoms with Crippen molar-refractivity contribution in [3.63, 3.8) is 0 Å². The molecule has 0 aliphatic carbocycles. The van der Waals surface area contributed by atoms with Crippen LogP contribution >= 0.6 is 8.60 Å². The Morgan fingerprint density at radius 1 is 1.20 bits per heavy atom. The Labute approximate surface area is 91.7 Å². The second-order valence-corrected chi connectivity index (χ2v) is 4.71. The summed E-state index contributed by atoms with van der Waals surface area (Å²) in [6.45, 7) is 6.42. The van der Waals surface area contributed by atoms with Crippen LogP contribution in [0.2, 0.25) is 0 Å². The molecule has 0 radical (unpaired) electrons. The van der Waals surface area contributed by atoms with Crippen LogP contribution in [0, 0.1) is 0 Å². The first-order chi connectivity index (χ1) is 6.95. The van der Waals surface area contributed by atoms with E-state index in [2.05, 4.69) is 25.3 Å². The summed E-state index contributed by atoms with van der Waals surface area (Å²) in [5, 5.41) is 0. The van der Waals surface area contributed by atoms with Crippen LogP contribution in [0.25, 0.3) is 0 Å². The number of rotatable bonds is 4. The molecule has 1 rings (SSSR count). The molecule has 4 heteroatoms. The van der Waals surface area contributed by atoms with Crippen molar-refractivity contribution < 1.29 is 14.3 Å². The Balaban J connectivity index is 2.81. The molecule has 1 aromatic rings. The van der Waals surface area contributed by atoms with E-state index < -0.39 is 8.60 Å². The molecule has 0 saturated carbocycles. The van der Waals surface area contributed by atoms with Gasteiger partial charge in [0.05, 0.1) is 0 Å². The molecule has 0 atom stereocenters. The van der Waals surface area contributed by atoms with Gasteiger partial charge in [0, 0.05) is 0 Å². The van der Waals surface area contributed by atoms with E-state index in [0.29, 0.717) is 5.75 Å². The smallest absolute Gasteiger partial charge is 0.119 e.